The number of carbonyl (C=O) groups is 1. The number of aliphatic hydroxyl groups is 1. The van der Waals surface area contributed by atoms with Crippen LogP contribution in [0.1, 0.15) is 15.9 Å². The maximum atomic E-state index is 12.0. The number of rotatable bonds is 6. The summed E-state index contributed by atoms with van der Waals surface area (Å²) in [6.45, 7) is 0.637. The van der Waals surface area contributed by atoms with Gasteiger partial charge >= 0.3 is 0 Å². The predicted molar refractivity (Wildman–Crippen MR) is 121 cm³/mol. The van der Waals surface area contributed by atoms with E-state index in [0.717, 1.165) is 27.7 Å². The first-order chi connectivity index (χ1) is 15.7. The Morgan fingerprint density at radius 3 is 2.69 bits per heavy atom. The zero-order valence-corrected chi connectivity index (χ0v) is 17.1. The Labute approximate surface area is 183 Å². The van der Waals surface area contributed by atoms with Gasteiger partial charge in [-0.25, -0.2) is 9.67 Å². The molecule has 0 saturated carbocycles. The third-order valence-electron chi connectivity index (χ3n) is 5.24. The molecule has 0 unspecified atom stereocenters. The molecular formula is C24H20N6O2. The van der Waals surface area contributed by atoms with Gasteiger partial charge in [0.05, 0.1) is 24.4 Å². The number of nitrogens with zero attached hydrogens (tertiary/aromatic N) is 5. The quantitative estimate of drug-likeness (QED) is 0.434. The van der Waals surface area contributed by atoms with E-state index in [2.05, 4.69) is 20.6 Å². The highest BCUT2D eigenvalue weighted by atomic mass is 16.3. The van der Waals surface area contributed by atoms with Crippen LogP contribution >= 0.6 is 0 Å². The number of pyridine rings is 2. The summed E-state index contributed by atoms with van der Waals surface area (Å²) < 4.78 is 1.78. The molecule has 0 fully saturated rings. The molecular weight excluding hydrogens is 404 g/mol. The van der Waals surface area contributed by atoms with Crippen molar-refractivity contribution < 1.29 is 9.90 Å². The van der Waals surface area contributed by atoms with Gasteiger partial charge in [0.15, 0.2) is 5.65 Å². The number of fused-ring (bicyclic) bond motifs is 2. The van der Waals surface area contributed by atoms with E-state index in [9.17, 15) is 4.79 Å². The van der Waals surface area contributed by atoms with Gasteiger partial charge in [-0.15, -0.1) is 5.10 Å². The van der Waals surface area contributed by atoms with Gasteiger partial charge < -0.3 is 10.4 Å². The van der Waals surface area contributed by atoms with Gasteiger partial charge in [0.1, 0.15) is 5.52 Å². The predicted octanol–water partition coefficient (Wildman–Crippen LogP) is 2.81. The largest absolute Gasteiger partial charge is 0.395 e. The number of para-hydroxylation sites is 1. The topological polar surface area (TPSA) is 106 Å². The second-order valence-electron chi connectivity index (χ2n) is 7.34. The Bertz CT molecular complexity index is 1410. The van der Waals surface area contributed by atoms with Crippen molar-refractivity contribution in [3.8, 4) is 11.3 Å². The summed E-state index contributed by atoms with van der Waals surface area (Å²) in [5.41, 5.74) is 5.54. The van der Waals surface area contributed by atoms with E-state index in [1.165, 1.54) is 0 Å². The van der Waals surface area contributed by atoms with Gasteiger partial charge in [0.25, 0.3) is 5.91 Å². The van der Waals surface area contributed by atoms with Crippen LogP contribution in [-0.4, -0.2) is 49.1 Å². The van der Waals surface area contributed by atoms with Crippen molar-refractivity contribution in [3.05, 3.63) is 84.1 Å². The van der Waals surface area contributed by atoms with Gasteiger partial charge in [-0.1, -0.05) is 41.6 Å². The minimum Gasteiger partial charge on any atom is -0.395 e. The number of aromatic nitrogens is 5. The van der Waals surface area contributed by atoms with Crippen LogP contribution < -0.4 is 5.32 Å². The van der Waals surface area contributed by atoms with Crippen molar-refractivity contribution in [1.29, 1.82) is 0 Å². The molecule has 0 aliphatic rings. The lowest BCUT2D eigenvalue weighted by Crippen LogP contribution is -2.26. The standard InChI is InChI=1S/C24H20N6O2/c31-14-13-26-24(32)18-8-6-16(7-9-18)20-10-11-21-23(27-20)30(29-28-21)15-19-4-1-3-17-5-2-12-25-22(17)19/h1-12,31H,13-15H2,(H,26,32). The van der Waals surface area contributed by atoms with Crippen molar-refractivity contribution in [1.82, 2.24) is 30.3 Å². The average Bonchev–Trinajstić information content (AvgIpc) is 3.25. The van der Waals surface area contributed by atoms with Crippen LogP contribution in [0.4, 0.5) is 0 Å². The molecule has 0 spiro atoms. The van der Waals surface area contributed by atoms with Crippen LogP contribution in [0.2, 0.25) is 0 Å². The van der Waals surface area contributed by atoms with E-state index >= 15 is 0 Å². The number of amides is 1. The maximum Gasteiger partial charge on any atom is 0.251 e. The molecule has 32 heavy (non-hydrogen) atoms. The van der Waals surface area contributed by atoms with E-state index in [1.807, 2.05) is 54.6 Å². The molecule has 0 aliphatic carbocycles. The number of carbonyl (C=O) groups excluding carboxylic acids is 1. The molecule has 0 radical (unpaired) electrons. The van der Waals surface area contributed by atoms with E-state index in [4.69, 9.17) is 10.1 Å². The Morgan fingerprint density at radius 1 is 1.00 bits per heavy atom. The van der Waals surface area contributed by atoms with Crippen LogP contribution in [0.3, 0.4) is 0 Å². The van der Waals surface area contributed by atoms with Crippen molar-refractivity contribution in [3.63, 3.8) is 0 Å². The molecule has 5 rings (SSSR count). The Morgan fingerprint density at radius 2 is 1.84 bits per heavy atom. The Hall–Kier alpha value is -4.17. The Kier molecular flexibility index (Phi) is 5.27. The Balaban J connectivity index is 1.46. The maximum absolute atomic E-state index is 12.0. The molecule has 158 valence electrons. The highest BCUT2D eigenvalue weighted by molar-refractivity contribution is 5.94. The van der Waals surface area contributed by atoms with Gasteiger partial charge in [-0.2, -0.15) is 0 Å². The molecule has 3 aromatic heterocycles. The molecule has 0 saturated heterocycles. The third kappa shape index (κ3) is 3.79. The summed E-state index contributed by atoms with van der Waals surface area (Å²) in [5.74, 6) is -0.222. The van der Waals surface area contributed by atoms with Crippen molar-refractivity contribution in [2.75, 3.05) is 13.2 Å². The number of benzene rings is 2. The lowest BCUT2D eigenvalue weighted by atomic mass is 10.1. The molecule has 2 aromatic carbocycles. The van der Waals surface area contributed by atoms with Crippen molar-refractivity contribution in [2.45, 2.75) is 6.54 Å². The SMILES string of the molecule is O=C(NCCO)c1ccc(-c2ccc3nnn(Cc4cccc5cccnc45)c3n2)cc1. The zero-order valence-electron chi connectivity index (χ0n) is 17.1. The fourth-order valence-electron chi connectivity index (χ4n) is 3.64. The highest BCUT2D eigenvalue weighted by Gasteiger charge is 2.12. The van der Waals surface area contributed by atoms with Gasteiger partial charge in [-0.05, 0) is 35.9 Å². The van der Waals surface area contributed by atoms with E-state index in [-0.39, 0.29) is 19.1 Å². The summed E-state index contributed by atoms with van der Waals surface area (Å²) in [5, 5.41) is 21.1. The minimum atomic E-state index is -0.222. The molecule has 3 heterocycles. The van der Waals surface area contributed by atoms with E-state index < -0.39 is 0 Å². The van der Waals surface area contributed by atoms with Crippen molar-refractivity contribution >= 4 is 28.0 Å². The number of nitrogens with one attached hydrogen (secondary N) is 1. The highest BCUT2D eigenvalue weighted by Crippen LogP contribution is 2.22. The molecule has 0 aliphatic heterocycles. The lowest BCUT2D eigenvalue weighted by molar-refractivity contribution is 0.0945. The van der Waals surface area contributed by atoms with Crippen LogP contribution in [0.15, 0.2) is 72.9 Å². The molecule has 1 amide bonds. The van der Waals surface area contributed by atoms with Gasteiger partial charge in [-0.3, -0.25) is 9.78 Å². The number of hydrogen-bond acceptors (Lipinski definition) is 6. The summed E-state index contributed by atoms with van der Waals surface area (Å²) in [6.07, 6.45) is 1.79. The first kappa shape index (κ1) is 19.8. The zero-order chi connectivity index (χ0) is 21.9. The smallest absolute Gasteiger partial charge is 0.251 e. The van der Waals surface area contributed by atoms with Crippen LogP contribution in [0, 0.1) is 0 Å². The van der Waals surface area contributed by atoms with Crippen molar-refractivity contribution in [2.24, 2.45) is 0 Å². The number of aliphatic hydroxyl groups excluding tert-OH is 1. The second-order valence-corrected chi connectivity index (χ2v) is 7.34. The normalized spacial score (nSPS) is 11.2. The molecule has 5 aromatic rings. The monoisotopic (exact) mass is 424 g/mol. The number of hydrogen-bond donors (Lipinski definition) is 2. The first-order valence-electron chi connectivity index (χ1n) is 10.3. The molecule has 8 nitrogen and oxygen atoms in total. The summed E-state index contributed by atoms with van der Waals surface area (Å²) >= 11 is 0. The van der Waals surface area contributed by atoms with Crippen LogP contribution in [-0.2, 0) is 6.54 Å². The summed E-state index contributed by atoms with van der Waals surface area (Å²) in [6, 6.07) is 21.0. The molecule has 2 N–H and O–H groups in total. The second kappa shape index (κ2) is 8.52. The van der Waals surface area contributed by atoms with E-state index in [0.29, 0.717) is 23.3 Å². The summed E-state index contributed by atoms with van der Waals surface area (Å²) in [7, 11) is 0. The third-order valence-corrected chi connectivity index (χ3v) is 5.24. The van der Waals surface area contributed by atoms with Gasteiger partial charge in [0, 0.05) is 29.3 Å². The van der Waals surface area contributed by atoms with Gasteiger partial charge in [0.2, 0.25) is 0 Å². The first-order valence-corrected chi connectivity index (χ1v) is 10.3. The lowest BCUT2D eigenvalue weighted by Gasteiger charge is -2.07. The average molecular weight is 424 g/mol. The fraction of sp³-hybridized carbons (Fsp3) is 0.125. The summed E-state index contributed by atoms with van der Waals surface area (Å²) in [4.78, 5) is 21.3. The molecule has 8 heteroatoms. The van der Waals surface area contributed by atoms with E-state index in [1.54, 1.807) is 23.0 Å². The fourth-order valence-corrected chi connectivity index (χ4v) is 3.64. The van der Waals surface area contributed by atoms with Crippen LogP contribution in [0.5, 0.6) is 0 Å². The minimum absolute atomic E-state index is 0.0929. The van der Waals surface area contributed by atoms with Crippen LogP contribution in [0.25, 0.3) is 33.3 Å². The molecule has 0 bridgehead atoms. The molecule has 0 atom stereocenters.